The molecule has 1 heterocycles. The lowest BCUT2D eigenvalue weighted by Gasteiger charge is -2.13. The molecule has 1 saturated heterocycles. The van der Waals surface area contributed by atoms with Gasteiger partial charge in [-0.1, -0.05) is 12.1 Å². The predicted molar refractivity (Wildman–Crippen MR) is 49.9 cm³/mol. The number of carbonyl (C=O) groups excluding carboxylic acids is 1. The molecule has 1 amide bonds. The van der Waals surface area contributed by atoms with Crippen molar-refractivity contribution in [1.29, 1.82) is 5.26 Å². The smallest absolute Gasteiger partial charge is 0.414 e. The molecule has 14 heavy (non-hydrogen) atoms. The van der Waals surface area contributed by atoms with Crippen molar-refractivity contribution < 1.29 is 9.53 Å². The Balaban J connectivity index is 2.41. The number of carbonyl (C=O) groups is 1. The lowest BCUT2D eigenvalue weighted by Crippen LogP contribution is -2.24. The Hall–Kier alpha value is -2.02. The van der Waals surface area contributed by atoms with Crippen LogP contribution in [0, 0.1) is 11.3 Å². The van der Waals surface area contributed by atoms with Gasteiger partial charge in [0.2, 0.25) is 0 Å². The van der Waals surface area contributed by atoms with Gasteiger partial charge < -0.3 is 4.74 Å². The van der Waals surface area contributed by atoms with Crippen LogP contribution in [0.4, 0.5) is 10.5 Å². The molecule has 0 N–H and O–H groups in total. The van der Waals surface area contributed by atoms with Crippen LogP contribution >= 0.6 is 0 Å². The number of nitrogens with zero attached hydrogens (tertiary/aromatic N) is 2. The molecule has 0 atom stereocenters. The molecule has 1 aromatic carbocycles. The Labute approximate surface area is 81.3 Å². The maximum atomic E-state index is 11.2. The van der Waals surface area contributed by atoms with E-state index in [0.29, 0.717) is 24.4 Å². The summed E-state index contributed by atoms with van der Waals surface area (Å²) in [5.74, 6) is 0. The van der Waals surface area contributed by atoms with Crippen molar-refractivity contribution in [3.05, 3.63) is 29.8 Å². The molecule has 2 rings (SSSR count). The van der Waals surface area contributed by atoms with Crippen molar-refractivity contribution in [3.8, 4) is 6.07 Å². The normalized spacial score (nSPS) is 15.1. The third kappa shape index (κ3) is 1.29. The van der Waals surface area contributed by atoms with Crippen LogP contribution in [-0.2, 0) is 4.74 Å². The van der Waals surface area contributed by atoms with Crippen LogP contribution in [-0.4, -0.2) is 19.2 Å². The van der Waals surface area contributed by atoms with Crippen LogP contribution < -0.4 is 4.90 Å². The molecular formula is C10H8N2O2. The molecular weight excluding hydrogens is 180 g/mol. The number of nitriles is 1. The first kappa shape index (κ1) is 8.57. The standard InChI is InChI=1S/C10H8N2O2/c11-7-8-3-1-2-4-9(8)12-5-6-14-10(12)13/h1-4H,5-6H2. The van der Waals surface area contributed by atoms with E-state index < -0.39 is 0 Å². The van der Waals surface area contributed by atoms with Gasteiger partial charge in [0.25, 0.3) is 0 Å². The number of para-hydroxylation sites is 1. The zero-order valence-corrected chi connectivity index (χ0v) is 7.43. The summed E-state index contributed by atoms with van der Waals surface area (Å²) < 4.78 is 4.80. The molecule has 70 valence electrons. The minimum Gasteiger partial charge on any atom is -0.447 e. The highest BCUT2D eigenvalue weighted by Gasteiger charge is 2.25. The van der Waals surface area contributed by atoms with E-state index in [4.69, 9.17) is 10.00 Å². The number of hydrogen-bond acceptors (Lipinski definition) is 3. The maximum Gasteiger partial charge on any atom is 0.414 e. The topological polar surface area (TPSA) is 53.3 Å². The monoisotopic (exact) mass is 188 g/mol. The molecule has 0 aliphatic carbocycles. The number of benzene rings is 1. The summed E-state index contributed by atoms with van der Waals surface area (Å²) >= 11 is 0. The molecule has 1 aliphatic rings. The van der Waals surface area contributed by atoms with Crippen LogP contribution in [0.25, 0.3) is 0 Å². The van der Waals surface area contributed by atoms with Gasteiger partial charge in [0.05, 0.1) is 17.8 Å². The van der Waals surface area contributed by atoms with Gasteiger partial charge in [-0.05, 0) is 12.1 Å². The summed E-state index contributed by atoms with van der Waals surface area (Å²) in [5.41, 5.74) is 1.11. The summed E-state index contributed by atoms with van der Waals surface area (Å²) in [4.78, 5) is 12.7. The van der Waals surface area contributed by atoms with Gasteiger partial charge in [0.1, 0.15) is 12.7 Å². The molecule has 4 heteroatoms. The minimum atomic E-state index is -0.382. The number of rotatable bonds is 1. The highest BCUT2D eigenvalue weighted by Crippen LogP contribution is 2.22. The van der Waals surface area contributed by atoms with E-state index in [1.807, 2.05) is 6.07 Å². The number of ether oxygens (including phenoxy) is 1. The zero-order valence-electron chi connectivity index (χ0n) is 7.43. The number of anilines is 1. The average molecular weight is 188 g/mol. The van der Waals surface area contributed by atoms with Crippen molar-refractivity contribution >= 4 is 11.8 Å². The molecule has 0 bridgehead atoms. The average Bonchev–Trinajstić information content (AvgIpc) is 2.64. The fourth-order valence-corrected chi connectivity index (χ4v) is 1.42. The van der Waals surface area contributed by atoms with E-state index in [1.54, 1.807) is 24.3 Å². The van der Waals surface area contributed by atoms with Crippen LogP contribution in [0.2, 0.25) is 0 Å². The van der Waals surface area contributed by atoms with Gasteiger partial charge in [0, 0.05) is 0 Å². The number of cyclic esters (lactones) is 1. The molecule has 0 radical (unpaired) electrons. The lowest BCUT2D eigenvalue weighted by molar-refractivity contribution is 0.181. The Bertz CT molecular complexity index is 409. The SMILES string of the molecule is N#Cc1ccccc1N1CCOC1=O. The molecule has 0 aromatic heterocycles. The number of amides is 1. The quantitative estimate of drug-likeness (QED) is 0.671. The van der Waals surface area contributed by atoms with Gasteiger partial charge in [0.15, 0.2) is 0 Å². The van der Waals surface area contributed by atoms with Gasteiger partial charge in [-0.25, -0.2) is 4.79 Å². The largest absolute Gasteiger partial charge is 0.447 e. The molecule has 0 unspecified atom stereocenters. The molecule has 4 nitrogen and oxygen atoms in total. The predicted octanol–water partition coefficient (Wildman–Crippen LogP) is 1.51. The van der Waals surface area contributed by atoms with E-state index in [2.05, 4.69) is 0 Å². The first-order chi connectivity index (χ1) is 6.83. The van der Waals surface area contributed by atoms with Crippen LogP contribution in [0.3, 0.4) is 0 Å². The van der Waals surface area contributed by atoms with E-state index in [0.717, 1.165) is 0 Å². The van der Waals surface area contributed by atoms with Crippen molar-refractivity contribution in [3.63, 3.8) is 0 Å². The Kier molecular flexibility index (Phi) is 2.07. The van der Waals surface area contributed by atoms with E-state index >= 15 is 0 Å². The van der Waals surface area contributed by atoms with Crippen LogP contribution in [0.15, 0.2) is 24.3 Å². The summed E-state index contributed by atoms with van der Waals surface area (Å²) in [6.45, 7) is 0.899. The molecule has 1 aromatic rings. The third-order valence-electron chi connectivity index (χ3n) is 2.08. The minimum absolute atomic E-state index is 0.382. The Morgan fingerprint density at radius 2 is 2.21 bits per heavy atom. The highest BCUT2D eigenvalue weighted by molar-refractivity contribution is 5.90. The molecule has 1 aliphatic heterocycles. The van der Waals surface area contributed by atoms with Gasteiger partial charge in [-0.3, -0.25) is 4.90 Å². The summed E-state index contributed by atoms with van der Waals surface area (Å²) in [7, 11) is 0. The molecule has 0 spiro atoms. The van der Waals surface area contributed by atoms with Crippen molar-refractivity contribution in [1.82, 2.24) is 0 Å². The molecule has 1 fully saturated rings. The number of hydrogen-bond donors (Lipinski definition) is 0. The third-order valence-corrected chi connectivity index (χ3v) is 2.08. The van der Waals surface area contributed by atoms with Crippen molar-refractivity contribution in [2.45, 2.75) is 0 Å². The second-order valence-electron chi connectivity index (χ2n) is 2.89. The summed E-state index contributed by atoms with van der Waals surface area (Å²) in [6.07, 6.45) is -0.382. The first-order valence-electron chi connectivity index (χ1n) is 4.26. The first-order valence-corrected chi connectivity index (χ1v) is 4.26. The maximum absolute atomic E-state index is 11.2. The second kappa shape index (κ2) is 3.38. The zero-order chi connectivity index (χ0) is 9.97. The second-order valence-corrected chi connectivity index (χ2v) is 2.89. The fourth-order valence-electron chi connectivity index (χ4n) is 1.42. The van der Waals surface area contributed by atoms with Crippen molar-refractivity contribution in [2.24, 2.45) is 0 Å². The van der Waals surface area contributed by atoms with Gasteiger partial charge >= 0.3 is 6.09 Å². The van der Waals surface area contributed by atoms with Gasteiger partial charge in [-0.15, -0.1) is 0 Å². The van der Waals surface area contributed by atoms with E-state index in [1.165, 1.54) is 4.90 Å². The van der Waals surface area contributed by atoms with Gasteiger partial charge in [-0.2, -0.15) is 5.26 Å². The van der Waals surface area contributed by atoms with Crippen LogP contribution in [0.5, 0.6) is 0 Å². The Morgan fingerprint density at radius 3 is 2.86 bits per heavy atom. The van der Waals surface area contributed by atoms with E-state index in [9.17, 15) is 4.79 Å². The lowest BCUT2D eigenvalue weighted by atomic mass is 10.2. The molecule has 0 saturated carbocycles. The fraction of sp³-hybridized carbons (Fsp3) is 0.200. The Morgan fingerprint density at radius 1 is 1.43 bits per heavy atom. The highest BCUT2D eigenvalue weighted by atomic mass is 16.6. The van der Waals surface area contributed by atoms with Crippen LogP contribution in [0.1, 0.15) is 5.56 Å². The van der Waals surface area contributed by atoms with Crippen molar-refractivity contribution in [2.75, 3.05) is 18.1 Å². The summed E-state index contributed by atoms with van der Waals surface area (Å²) in [5, 5.41) is 8.84. The van der Waals surface area contributed by atoms with E-state index in [-0.39, 0.29) is 6.09 Å². The summed E-state index contributed by atoms with van der Waals surface area (Å²) in [6, 6.07) is 9.03.